The number of benzene rings is 1. The van der Waals surface area contributed by atoms with Crippen LogP contribution in [0.25, 0.3) is 0 Å². The minimum atomic E-state index is -0.884. The second-order valence-electron chi connectivity index (χ2n) is 7.46. The van der Waals surface area contributed by atoms with E-state index in [1.54, 1.807) is 23.6 Å². The van der Waals surface area contributed by atoms with E-state index in [0.717, 1.165) is 5.56 Å². The summed E-state index contributed by atoms with van der Waals surface area (Å²) >= 11 is 1.61. The smallest absolute Gasteiger partial charge is 0.330 e. The average Bonchev–Trinajstić information content (AvgIpc) is 3.19. The number of carbonyl (C=O) groups is 3. The number of thioether (sulfide) groups is 1. The third-order valence-corrected chi connectivity index (χ3v) is 6.57. The summed E-state index contributed by atoms with van der Waals surface area (Å²) in [4.78, 5) is 38.6. The lowest BCUT2D eigenvalue weighted by Gasteiger charge is -2.33. The van der Waals surface area contributed by atoms with Crippen LogP contribution in [0, 0.1) is 5.92 Å². The molecule has 1 aromatic rings. The SMILES string of the molecule is CC(C)CNC(=O)[C@@H](C)OC(=O)[C@H]1CS[C@@]2(c3ccccc3)CCC(=O)N12. The number of esters is 1. The molecule has 7 heteroatoms. The van der Waals surface area contributed by atoms with Gasteiger partial charge in [0.15, 0.2) is 6.10 Å². The number of carbonyl (C=O) groups excluding carboxylic acids is 3. The van der Waals surface area contributed by atoms with Gasteiger partial charge in [0.25, 0.3) is 5.91 Å². The Morgan fingerprint density at radius 2 is 2.00 bits per heavy atom. The van der Waals surface area contributed by atoms with Crippen molar-refractivity contribution in [3.05, 3.63) is 35.9 Å². The maximum atomic E-state index is 12.8. The van der Waals surface area contributed by atoms with E-state index in [4.69, 9.17) is 4.74 Å². The van der Waals surface area contributed by atoms with E-state index in [1.807, 2.05) is 44.2 Å². The number of hydrogen-bond donors (Lipinski definition) is 1. The highest BCUT2D eigenvalue weighted by molar-refractivity contribution is 8.00. The first-order chi connectivity index (χ1) is 12.8. The number of rotatable bonds is 6. The second-order valence-corrected chi connectivity index (χ2v) is 8.76. The van der Waals surface area contributed by atoms with Crippen molar-refractivity contribution >= 4 is 29.5 Å². The number of nitrogens with zero attached hydrogens (tertiary/aromatic N) is 1. The van der Waals surface area contributed by atoms with Gasteiger partial charge in [0.05, 0.1) is 0 Å². The summed E-state index contributed by atoms with van der Waals surface area (Å²) in [6, 6.07) is 9.15. The molecule has 27 heavy (non-hydrogen) atoms. The molecule has 2 aliphatic heterocycles. The zero-order valence-electron chi connectivity index (χ0n) is 15.9. The topological polar surface area (TPSA) is 75.7 Å². The van der Waals surface area contributed by atoms with Crippen molar-refractivity contribution in [2.75, 3.05) is 12.3 Å². The summed E-state index contributed by atoms with van der Waals surface area (Å²) in [5.41, 5.74) is 1.03. The second kappa shape index (κ2) is 7.92. The third-order valence-electron chi connectivity index (χ3n) is 4.97. The van der Waals surface area contributed by atoms with Crippen molar-refractivity contribution in [2.24, 2.45) is 5.92 Å². The van der Waals surface area contributed by atoms with Gasteiger partial charge < -0.3 is 15.0 Å². The molecule has 146 valence electrons. The average molecular weight is 391 g/mol. The third kappa shape index (κ3) is 3.83. The zero-order chi connectivity index (χ0) is 19.6. The Labute approximate surface area is 164 Å². The lowest BCUT2D eigenvalue weighted by atomic mass is 10.0. The predicted molar refractivity (Wildman–Crippen MR) is 104 cm³/mol. The predicted octanol–water partition coefficient (Wildman–Crippen LogP) is 2.28. The highest BCUT2D eigenvalue weighted by Gasteiger charge is 2.57. The van der Waals surface area contributed by atoms with Crippen molar-refractivity contribution in [2.45, 2.75) is 50.6 Å². The Kier molecular flexibility index (Phi) is 5.79. The van der Waals surface area contributed by atoms with Crippen molar-refractivity contribution in [1.82, 2.24) is 10.2 Å². The summed E-state index contributed by atoms with van der Waals surface area (Å²) in [6.45, 7) is 6.08. The molecule has 3 rings (SSSR count). The quantitative estimate of drug-likeness (QED) is 0.754. The van der Waals surface area contributed by atoms with Crippen LogP contribution < -0.4 is 5.32 Å². The minimum Gasteiger partial charge on any atom is -0.451 e. The molecule has 1 N–H and O–H groups in total. The fourth-order valence-corrected chi connectivity index (χ4v) is 5.21. The molecule has 0 bridgehead atoms. The standard InChI is InChI=1S/C20H26N2O4S/c1-13(2)11-21-18(24)14(3)26-19(25)16-12-27-20(10-9-17(23)22(16)20)15-7-5-4-6-8-15/h4-8,13-14,16H,9-12H2,1-3H3,(H,21,24)/t14-,16-,20-/m1/s1. The van der Waals surface area contributed by atoms with E-state index in [-0.39, 0.29) is 11.8 Å². The summed E-state index contributed by atoms with van der Waals surface area (Å²) in [5.74, 6) is -0.0770. The largest absolute Gasteiger partial charge is 0.451 e. The normalized spacial score (nSPS) is 25.4. The highest BCUT2D eigenvalue weighted by atomic mass is 32.2. The maximum Gasteiger partial charge on any atom is 0.330 e. The Morgan fingerprint density at radius 3 is 2.67 bits per heavy atom. The van der Waals surface area contributed by atoms with Crippen molar-refractivity contribution < 1.29 is 19.1 Å². The van der Waals surface area contributed by atoms with E-state index < -0.39 is 23.0 Å². The van der Waals surface area contributed by atoms with E-state index in [0.29, 0.717) is 31.1 Å². The van der Waals surface area contributed by atoms with Crippen LogP contribution in [0.5, 0.6) is 0 Å². The Balaban J connectivity index is 1.71. The van der Waals surface area contributed by atoms with E-state index in [2.05, 4.69) is 5.32 Å². The van der Waals surface area contributed by atoms with Crippen LogP contribution >= 0.6 is 11.8 Å². The lowest BCUT2D eigenvalue weighted by Crippen LogP contribution is -2.48. The van der Waals surface area contributed by atoms with Crippen molar-refractivity contribution in [3.8, 4) is 0 Å². The molecule has 2 aliphatic rings. The van der Waals surface area contributed by atoms with Gasteiger partial charge in [-0.3, -0.25) is 9.59 Å². The molecule has 6 nitrogen and oxygen atoms in total. The van der Waals surface area contributed by atoms with Gasteiger partial charge in [0.2, 0.25) is 5.91 Å². The first-order valence-corrected chi connectivity index (χ1v) is 10.3. The van der Waals surface area contributed by atoms with E-state index in [1.165, 1.54) is 0 Å². The van der Waals surface area contributed by atoms with Crippen molar-refractivity contribution in [3.63, 3.8) is 0 Å². The van der Waals surface area contributed by atoms with Gasteiger partial charge >= 0.3 is 5.97 Å². The summed E-state index contributed by atoms with van der Waals surface area (Å²) < 4.78 is 5.41. The van der Waals surface area contributed by atoms with Crippen molar-refractivity contribution in [1.29, 1.82) is 0 Å². The minimum absolute atomic E-state index is 0.0392. The Hall–Kier alpha value is -2.02. The van der Waals surface area contributed by atoms with Crippen LogP contribution in [0.1, 0.15) is 39.2 Å². The molecule has 0 spiro atoms. The summed E-state index contributed by atoms with van der Waals surface area (Å²) in [5, 5.41) is 2.76. The molecule has 0 radical (unpaired) electrons. The molecular weight excluding hydrogens is 364 g/mol. The molecule has 0 aliphatic carbocycles. The van der Waals surface area contributed by atoms with Gasteiger partial charge in [0, 0.05) is 18.7 Å². The summed E-state index contributed by atoms with van der Waals surface area (Å²) in [7, 11) is 0. The van der Waals surface area contributed by atoms with Gasteiger partial charge in [0.1, 0.15) is 10.9 Å². The molecule has 1 aromatic carbocycles. The molecule has 3 atom stereocenters. The maximum absolute atomic E-state index is 12.8. The van der Waals surface area contributed by atoms with Crippen LogP contribution in [0.3, 0.4) is 0 Å². The monoisotopic (exact) mass is 390 g/mol. The molecule has 0 saturated carbocycles. The zero-order valence-corrected chi connectivity index (χ0v) is 16.8. The molecular formula is C20H26N2O4S. The number of ether oxygens (including phenoxy) is 1. The number of hydrogen-bond acceptors (Lipinski definition) is 5. The van der Waals surface area contributed by atoms with Crippen LogP contribution in [0.4, 0.5) is 0 Å². The first-order valence-electron chi connectivity index (χ1n) is 9.35. The molecule has 0 unspecified atom stereocenters. The van der Waals surface area contributed by atoms with Crippen LogP contribution in [-0.2, 0) is 24.0 Å². The molecule has 0 aromatic heterocycles. The summed E-state index contributed by atoms with van der Waals surface area (Å²) in [6.07, 6.45) is 0.204. The van der Waals surface area contributed by atoms with Gasteiger partial charge in [-0.15, -0.1) is 11.8 Å². The lowest BCUT2D eigenvalue weighted by molar-refractivity contribution is -0.161. The molecule has 2 amide bonds. The van der Waals surface area contributed by atoms with Gasteiger partial charge in [-0.05, 0) is 24.8 Å². The fourth-order valence-electron chi connectivity index (χ4n) is 3.57. The Morgan fingerprint density at radius 1 is 1.30 bits per heavy atom. The van der Waals surface area contributed by atoms with Crippen LogP contribution in [-0.4, -0.2) is 47.1 Å². The van der Waals surface area contributed by atoms with Gasteiger partial charge in [-0.2, -0.15) is 0 Å². The van der Waals surface area contributed by atoms with Gasteiger partial charge in [-0.1, -0.05) is 44.2 Å². The fraction of sp³-hybridized carbons (Fsp3) is 0.550. The molecule has 2 saturated heterocycles. The van der Waals surface area contributed by atoms with E-state index in [9.17, 15) is 14.4 Å². The highest BCUT2D eigenvalue weighted by Crippen LogP contribution is 2.54. The van der Waals surface area contributed by atoms with Crippen LogP contribution in [0.2, 0.25) is 0 Å². The first kappa shape index (κ1) is 19.7. The number of nitrogens with one attached hydrogen (secondary N) is 1. The van der Waals surface area contributed by atoms with Gasteiger partial charge in [-0.25, -0.2) is 4.79 Å². The Bertz CT molecular complexity index is 724. The molecule has 2 heterocycles. The van der Waals surface area contributed by atoms with E-state index >= 15 is 0 Å². The molecule has 2 fully saturated rings. The number of fused-ring (bicyclic) bond motifs is 1. The van der Waals surface area contributed by atoms with Crippen LogP contribution in [0.15, 0.2) is 30.3 Å². The number of amides is 2.